The van der Waals surface area contributed by atoms with Crippen molar-refractivity contribution in [1.82, 2.24) is 10.6 Å². The summed E-state index contributed by atoms with van der Waals surface area (Å²) in [5, 5.41) is 6.31. The van der Waals surface area contributed by atoms with Gasteiger partial charge < -0.3 is 29.6 Å². The van der Waals surface area contributed by atoms with Crippen molar-refractivity contribution >= 4 is 5.91 Å². The molecule has 0 aliphatic rings. The Morgan fingerprint density at radius 1 is 0.750 bits per heavy atom. The van der Waals surface area contributed by atoms with Crippen molar-refractivity contribution in [2.75, 3.05) is 65.9 Å². The molecular weight excluding hydrogens is 360 g/mol. The summed E-state index contributed by atoms with van der Waals surface area (Å²) in [5.41, 5.74) is 0. The molecule has 0 aromatic rings. The minimum absolute atomic E-state index is 0.0536. The quantitative estimate of drug-likeness (QED) is 0.286. The van der Waals surface area contributed by atoms with Crippen molar-refractivity contribution in [1.29, 1.82) is 0 Å². The topological polar surface area (TPSA) is 78.1 Å². The number of carbonyl (C=O) groups is 1. The molecular formula is C21H44N2O5. The zero-order valence-corrected chi connectivity index (χ0v) is 18.6. The highest BCUT2D eigenvalue weighted by atomic mass is 16.6. The summed E-state index contributed by atoms with van der Waals surface area (Å²) in [7, 11) is 0. The first-order valence-electron chi connectivity index (χ1n) is 10.9. The molecule has 0 bridgehead atoms. The Bertz CT molecular complexity index is 343. The zero-order chi connectivity index (χ0) is 20.9. The maximum absolute atomic E-state index is 11.5. The van der Waals surface area contributed by atoms with Gasteiger partial charge in [0.2, 0.25) is 5.91 Å². The number of nitrogens with one attached hydrogen (secondary N) is 2. The first kappa shape index (κ1) is 27.3. The van der Waals surface area contributed by atoms with Crippen LogP contribution < -0.4 is 10.6 Å². The molecule has 1 atom stereocenters. The summed E-state index contributed by atoms with van der Waals surface area (Å²) in [4.78, 5) is 11.5. The van der Waals surface area contributed by atoms with E-state index in [1.54, 1.807) is 0 Å². The number of carbonyl (C=O) groups excluding carboxylic acids is 1. The smallest absolute Gasteiger partial charge is 0.222 e. The van der Waals surface area contributed by atoms with E-state index in [0.29, 0.717) is 71.2 Å². The summed E-state index contributed by atoms with van der Waals surface area (Å²) in [6.07, 6.45) is 3.76. The standard InChI is InChI=1S/C21H44N2O5/c1-5-6-7-9-23-21(24)8-11-25-13-15-27-17-18-28-16-14-26-12-10-22-20(4)19(2)3/h19-20,22H,5-18H2,1-4H3,(H,23,24). The highest BCUT2D eigenvalue weighted by molar-refractivity contribution is 5.75. The van der Waals surface area contributed by atoms with Gasteiger partial charge in [0.05, 0.1) is 52.9 Å². The lowest BCUT2D eigenvalue weighted by molar-refractivity contribution is -0.122. The van der Waals surface area contributed by atoms with Crippen molar-refractivity contribution in [3.8, 4) is 0 Å². The zero-order valence-electron chi connectivity index (χ0n) is 18.6. The van der Waals surface area contributed by atoms with E-state index >= 15 is 0 Å². The molecule has 1 unspecified atom stereocenters. The molecule has 7 heteroatoms. The predicted octanol–water partition coefficient (Wildman–Crippen LogP) is 2.38. The molecule has 0 radical (unpaired) electrons. The summed E-state index contributed by atoms with van der Waals surface area (Å²) in [5.74, 6) is 0.686. The summed E-state index contributed by atoms with van der Waals surface area (Å²) < 4.78 is 21.8. The Hall–Kier alpha value is -0.730. The average Bonchev–Trinajstić information content (AvgIpc) is 2.67. The molecule has 0 aliphatic heterocycles. The van der Waals surface area contributed by atoms with E-state index in [2.05, 4.69) is 38.3 Å². The Morgan fingerprint density at radius 2 is 1.29 bits per heavy atom. The Morgan fingerprint density at radius 3 is 1.82 bits per heavy atom. The molecule has 168 valence electrons. The second-order valence-corrected chi connectivity index (χ2v) is 7.24. The molecule has 2 N–H and O–H groups in total. The molecule has 0 spiro atoms. The number of rotatable bonds is 21. The Kier molecular flexibility index (Phi) is 20.4. The SMILES string of the molecule is CCCCCNC(=O)CCOCCOCCOCCOCCNC(C)C(C)C. The number of unbranched alkanes of at least 4 members (excludes halogenated alkanes) is 2. The second kappa shape index (κ2) is 21.0. The van der Waals surface area contributed by atoms with Gasteiger partial charge >= 0.3 is 0 Å². The Balaban J connectivity index is 3.15. The van der Waals surface area contributed by atoms with E-state index in [1.165, 1.54) is 0 Å². The van der Waals surface area contributed by atoms with Crippen LogP contribution in [0.1, 0.15) is 53.4 Å². The van der Waals surface area contributed by atoms with E-state index in [4.69, 9.17) is 18.9 Å². The molecule has 0 fully saturated rings. The lowest BCUT2D eigenvalue weighted by Crippen LogP contribution is -2.33. The van der Waals surface area contributed by atoms with Gasteiger partial charge in [-0.25, -0.2) is 0 Å². The lowest BCUT2D eigenvalue weighted by Gasteiger charge is -2.17. The van der Waals surface area contributed by atoms with E-state index in [9.17, 15) is 4.79 Å². The fourth-order valence-corrected chi connectivity index (χ4v) is 2.21. The predicted molar refractivity (Wildman–Crippen MR) is 113 cm³/mol. The van der Waals surface area contributed by atoms with Crippen LogP contribution in [-0.4, -0.2) is 77.9 Å². The highest BCUT2D eigenvalue weighted by Gasteiger charge is 2.04. The van der Waals surface area contributed by atoms with E-state index in [0.717, 1.165) is 32.4 Å². The summed E-state index contributed by atoms with van der Waals surface area (Å²) >= 11 is 0. The first-order valence-corrected chi connectivity index (χ1v) is 10.9. The van der Waals surface area contributed by atoms with Crippen LogP contribution >= 0.6 is 0 Å². The maximum Gasteiger partial charge on any atom is 0.222 e. The van der Waals surface area contributed by atoms with Gasteiger partial charge in [0, 0.05) is 25.6 Å². The number of amides is 1. The van der Waals surface area contributed by atoms with Crippen LogP contribution in [0.2, 0.25) is 0 Å². The molecule has 0 rings (SSSR count). The molecule has 0 aromatic heterocycles. The fourth-order valence-electron chi connectivity index (χ4n) is 2.21. The van der Waals surface area contributed by atoms with Crippen LogP contribution in [0.4, 0.5) is 0 Å². The third-order valence-corrected chi connectivity index (χ3v) is 4.40. The number of hydrogen-bond donors (Lipinski definition) is 2. The van der Waals surface area contributed by atoms with Crippen LogP contribution in [-0.2, 0) is 23.7 Å². The summed E-state index contributed by atoms with van der Waals surface area (Å²) in [6, 6.07) is 0.508. The minimum atomic E-state index is 0.0536. The van der Waals surface area contributed by atoms with Gasteiger partial charge in [0.25, 0.3) is 0 Å². The van der Waals surface area contributed by atoms with Crippen molar-refractivity contribution < 1.29 is 23.7 Å². The molecule has 28 heavy (non-hydrogen) atoms. The summed E-state index contributed by atoms with van der Waals surface area (Å²) in [6.45, 7) is 14.8. The van der Waals surface area contributed by atoms with E-state index < -0.39 is 0 Å². The number of ether oxygens (including phenoxy) is 4. The van der Waals surface area contributed by atoms with Gasteiger partial charge in [0.1, 0.15) is 0 Å². The number of hydrogen-bond acceptors (Lipinski definition) is 6. The van der Waals surface area contributed by atoms with Gasteiger partial charge in [-0.2, -0.15) is 0 Å². The van der Waals surface area contributed by atoms with E-state index in [1.807, 2.05) is 0 Å². The van der Waals surface area contributed by atoms with E-state index in [-0.39, 0.29) is 5.91 Å². The molecule has 7 nitrogen and oxygen atoms in total. The van der Waals surface area contributed by atoms with Crippen molar-refractivity contribution in [2.24, 2.45) is 5.92 Å². The average molecular weight is 405 g/mol. The fraction of sp³-hybridized carbons (Fsp3) is 0.952. The Labute approximate surface area is 172 Å². The van der Waals surface area contributed by atoms with Crippen molar-refractivity contribution in [2.45, 2.75) is 59.4 Å². The van der Waals surface area contributed by atoms with Crippen LogP contribution in [0.5, 0.6) is 0 Å². The van der Waals surface area contributed by atoms with Crippen LogP contribution in [0.25, 0.3) is 0 Å². The van der Waals surface area contributed by atoms with Gasteiger partial charge in [-0.05, 0) is 19.3 Å². The largest absolute Gasteiger partial charge is 0.379 e. The normalized spacial score (nSPS) is 12.5. The van der Waals surface area contributed by atoms with Crippen LogP contribution in [0.15, 0.2) is 0 Å². The van der Waals surface area contributed by atoms with Crippen molar-refractivity contribution in [3.05, 3.63) is 0 Å². The molecule has 0 aromatic carbocycles. The van der Waals surface area contributed by atoms with Gasteiger partial charge in [-0.15, -0.1) is 0 Å². The lowest BCUT2D eigenvalue weighted by atomic mass is 10.1. The van der Waals surface area contributed by atoms with Gasteiger partial charge in [0.15, 0.2) is 0 Å². The molecule has 0 aliphatic carbocycles. The first-order chi connectivity index (χ1) is 13.6. The molecule has 0 heterocycles. The molecule has 1 amide bonds. The molecule has 0 saturated heterocycles. The van der Waals surface area contributed by atoms with Crippen LogP contribution in [0.3, 0.4) is 0 Å². The molecule has 0 saturated carbocycles. The van der Waals surface area contributed by atoms with Gasteiger partial charge in [-0.3, -0.25) is 4.79 Å². The third-order valence-electron chi connectivity index (χ3n) is 4.40. The minimum Gasteiger partial charge on any atom is -0.379 e. The van der Waals surface area contributed by atoms with Gasteiger partial charge in [-0.1, -0.05) is 33.6 Å². The van der Waals surface area contributed by atoms with Crippen LogP contribution in [0, 0.1) is 5.92 Å². The highest BCUT2D eigenvalue weighted by Crippen LogP contribution is 1.98. The maximum atomic E-state index is 11.5. The van der Waals surface area contributed by atoms with Crippen molar-refractivity contribution in [3.63, 3.8) is 0 Å². The third kappa shape index (κ3) is 20.0. The second-order valence-electron chi connectivity index (χ2n) is 7.24. The monoisotopic (exact) mass is 404 g/mol.